The number of aryl methyl sites for hydroxylation is 1. The highest BCUT2D eigenvalue weighted by molar-refractivity contribution is 7.10. The van der Waals surface area contributed by atoms with E-state index in [-0.39, 0.29) is 5.82 Å². The molecular formula is C13H16FN3S. The fourth-order valence-corrected chi connectivity index (χ4v) is 2.50. The summed E-state index contributed by atoms with van der Waals surface area (Å²) in [5, 5.41) is 4.31. The van der Waals surface area contributed by atoms with Crippen molar-refractivity contribution in [3.63, 3.8) is 0 Å². The van der Waals surface area contributed by atoms with Crippen LogP contribution in [0.3, 0.4) is 0 Å². The highest BCUT2D eigenvalue weighted by Gasteiger charge is 2.06. The van der Waals surface area contributed by atoms with Gasteiger partial charge in [0.2, 0.25) is 0 Å². The Morgan fingerprint density at radius 3 is 2.78 bits per heavy atom. The summed E-state index contributed by atoms with van der Waals surface area (Å²) in [6, 6.07) is 4.89. The fourth-order valence-electron chi connectivity index (χ4n) is 1.76. The smallest absolute Gasteiger partial charge is 0.142 e. The lowest BCUT2D eigenvalue weighted by Crippen LogP contribution is -2.05. The molecule has 0 aliphatic carbocycles. The van der Waals surface area contributed by atoms with Gasteiger partial charge >= 0.3 is 0 Å². The molecule has 0 saturated heterocycles. The first-order chi connectivity index (χ1) is 8.58. The molecule has 1 aromatic carbocycles. The molecule has 0 saturated carbocycles. The second-order valence-corrected chi connectivity index (χ2v) is 5.04. The van der Waals surface area contributed by atoms with Crippen LogP contribution >= 0.6 is 11.5 Å². The molecule has 1 heterocycles. The van der Waals surface area contributed by atoms with Gasteiger partial charge in [0.05, 0.1) is 0 Å². The maximum absolute atomic E-state index is 13.0. The van der Waals surface area contributed by atoms with E-state index in [0.717, 1.165) is 34.7 Å². The van der Waals surface area contributed by atoms with E-state index < -0.39 is 0 Å². The SMILES string of the molecule is Cc1cc(F)ccc1CCNc1snc(N)c1C. The zero-order valence-electron chi connectivity index (χ0n) is 10.5. The number of benzene rings is 1. The van der Waals surface area contributed by atoms with Gasteiger partial charge < -0.3 is 11.1 Å². The van der Waals surface area contributed by atoms with Crippen LogP contribution in [-0.4, -0.2) is 10.9 Å². The predicted octanol–water partition coefficient (Wildman–Crippen LogP) is 3.14. The van der Waals surface area contributed by atoms with Crippen molar-refractivity contribution < 1.29 is 4.39 Å². The van der Waals surface area contributed by atoms with Crippen LogP contribution in [0.2, 0.25) is 0 Å². The summed E-state index contributed by atoms with van der Waals surface area (Å²) >= 11 is 1.37. The van der Waals surface area contributed by atoms with Crippen molar-refractivity contribution in [2.24, 2.45) is 0 Å². The van der Waals surface area contributed by atoms with Gasteiger partial charge in [-0.3, -0.25) is 0 Å². The number of rotatable bonds is 4. The van der Waals surface area contributed by atoms with E-state index in [1.54, 1.807) is 6.07 Å². The van der Waals surface area contributed by atoms with E-state index in [1.165, 1.54) is 17.6 Å². The highest BCUT2D eigenvalue weighted by atomic mass is 32.1. The summed E-state index contributed by atoms with van der Waals surface area (Å²) in [5.41, 5.74) is 8.81. The standard InChI is InChI=1S/C13H16FN3S/c1-8-7-11(14)4-3-10(8)5-6-16-13-9(2)12(15)17-18-13/h3-4,7,16H,5-6H2,1-2H3,(H2,15,17). The second kappa shape index (κ2) is 5.35. The van der Waals surface area contributed by atoms with Gasteiger partial charge in [-0.05, 0) is 55.1 Å². The van der Waals surface area contributed by atoms with Crippen molar-refractivity contribution in [2.75, 3.05) is 17.6 Å². The largest absolute Gasteiger partial charge is 0.383 e. The molecule has 2 rings (SSSR count). The summed E-state index contributed by atoms with van der Waals surface area (Å²) in [7, 11) is 0. The molecule has 1 aromatic heterocycles. The normalized spacial score (nSPS) is 10.6. The van der Waals surface area contributed by atoms with Gasteiger partial charge in [-0.15, -0.1) is 0 Å². The summed E-state index contributed by atoms with van der Waals surface area (Å²) in [6.45, 7) is 4.66. The summed E-state index contributed by atoms with van der Waals surface area (Å²) in [4.78, 5) is 0. The van der Waals surface area contributed by atoms with Crippen molar-refractivity contribution in [3.8, 4) is 0 Å². The Morgan fingerprint density at radius 1 is 1.39 bits per heavy atom. The molecule has 0 aliphatic heterocycles. The van der Waals surface area contributed by atoms with Crippen molar-refractivity contribution in [1.82, 2.24) is 4.37 Å². The first-order valence-electron chi connectivity index (χ1n) is 5.78. The van der Waals surface area contributed by atoms with Gasteiger partial charge in [-0.25, -0.2) is 4.39 Å². The molecule has 2 aromatic rings. The molecule has 3 N–H and O–H groups in total. The second-order valence-electron chi connectivity index (χ2n) is 4.27. The van der Waals surface area contributed by atoms with E-state index in [1.807, 2.05) is 19.9 Å². The number of nitrogen functional groups attached to an aromatic ring is 1. The lowest BCUT2D eigenvalue weighted by molar-refractivity contribution is 0.625. The third-order valence-electron chi connectivity index (χ3n) is 2.94. The molecule has 0 fully saturated rings. The molecular weight excluding hydrogens is 249 g/mol. The van der Waals surface area contributed by atoms with Crippen LogP contribution < -0.4 is 11.1 Å². The maximum Gasteiger partial charge on any atom is 0.142 e. The van der Waals surface area contributed by atoms with Gasteiger partial charge in [-0.2, -0.15) is 4.37 Å². The molecule has 0 aliphatic rings. The molecule has 0 spiro atoms. The summed E-state index contributed by atoms with van der Waals surface area (Å²) in [5.74, 6) is 0.399. The minimum Gasteiger partial charge on any atom is -0.383 e. The van der Waals surface area contributed by atoms with Crippen LogP contribution in [0.5, 0.6) is 0 Å². The Bertz CT molecular complexity index is 551. The molecule has 0 unspecified atom stereocenters. The Morgan fingerprint density at radius 2 is 2.17 bits per heavy atom. The lowest BCUT2D eigenvalue weighted by Gasteiger charge is -2.07. The number of aromatic nitrogens is 1. The van der Waals surface area contributed by atoms with Gasteiger partial charge in [0.1, 0.15) is 16.6 Å². The zero-order valence-corrected chi connectivity index (χ0v) is 11.3. The van der Waals surface area contributed by atoms with Crippen LogP contribution in [0.4, 0.5) is 15.2 Å². The van der Waals surface area contributed by atoms with E-state index in [9.17, 15) is 4.39 Å². The third-order valence-corrected chi connectivity index (χ3v) is 3.87. The maximum atomic E-state index is 13.0. The summed E-state index contributed by atoms with van der Waals surface area (Å²) in [6.07, 6.45) is 0.851. The van der Waals surface area contributed by atoms with E-state index >= 15 is 0 Å². The van der Waals surface area contributed by atoms with Crippen LogP contribution in [-0.2, 0) is 6.42 Å². The van der Waals surface area contributed by atoms with Crippen LogP contribution in [0.1, 0.15) is 16.7 Å². The van der Waals surface area contributed by atoms with Crippen molar-refractivity contribution >= 4 is 22.4 Å². The average Bonchev–Trinajstić information content (AvgIpc) is 2.64. The molecule has 3 nitrogen and oxygen atoms in total. The van der Waals surface area contributed by atoms with Gasteiger partial charge in [0, 0.05) is 12.1 Å². The fraction of sp³-hybridized carbons (Fsp3) is 0.308. The van der Waals surface area contributed by atoms with Gasteiger partial charge in [-0.1, -0.05) is 6.07 Å². The molecule has 0 radical (unpaired) electrons. The lowest BCUT2D eigenvalue weighted by atomic mass is 10.1. The highest BCUT2D eigenvalue weighted by Crippen LogP contribution is 2.25. The van der Waals surface area contributed by atoms with E-state index in [4.69, 9.17) is 5.73 Å². The Hall–Kier alpha value is -1.62. The summed E-state index contributed by atoms with van der Waals surface area (Å²) < 4.78 is 17.0. The van der Waals surface area contributed by atoms with E-state index in [0.29, 0.717) is 5.82 Å². The Kier molecular flexibility index (Phi) is 3.81. The van der Waals surface area contributed by atoms with Crippen LogP contribution in [0, 0.1) is 19.7 Å². The topological polar surface area (TPSA) is 50.9 Å². The Labute approximate surface area is 110 Å². The monoisotopic (exact) mass is 265 g/mol. The first kappa shape index (κ1) is 12.8. The van der Waals surface area contributed by atoms with Crippen molar-refractivity contribution in [2.45, 2.75) is 20.3 Å². The third kappa shape index (κ3) is 2.79. The number of halogens is 1. The number of hydrogen-bond donors (Lipinski definition) is 2. The minimum absolute atomic E-state index is 0.185. The predicted molar refractivity (Wildman–Crippen MR) is 74.6 cm³/mol. The first-order valence-corrected chi connectivity index (χ1v) is 6.56. The number of nitrogens with two attached hydrogens (primary N) is 1. The van der Waals surface area contributed by atoms with Crippen LogP contribution in [0.25, 0.3) is 0 Å². The zero-order chi connectivity index (χ0) is 13.1. The average molecular weight is 265 g/mol. The molecule has 18 heavy (non-hydrogen) atoms. The van der Waals surface area contributed by atoms with Crippen molar-refractivity contribution in [3.05, 3.63) is 40.7 Å². The molecule has 5 heteroatoms. The molecule has 96 valence electrons. The number of nitrogens with zero attached hydrogens (tertiary/aromatic N) is 1. The number of nitrogens with one attached hydrogen (secondary N) is 1. The van der Waals surface area contributed by atoms with Crippen LogP contribution in [0.15, 0.2) is 18.2 Å². The molecule has 0 amide bonds. The van der Waals surface area contributed by atoms with E-state index in [2.05, 4.69) is 9.69 Å². The Balaban J connectivity index is 1.94. The minimum atomic E-state index is -0.185. The molecule has 0 atom stereocenters. The number of hydrogen-bond acceptors (Lipinski definition) is 4. The van der Waals surface area contributed by atoms with Gasteiger partial charge in [0.25, 0.3) is 0 Å². The molecule has 0 bridgehead atoms. The van der Waals surface area contributed by atoms with Gasteiger partial charge in [0.15, 0.2) is 0 Å². The number of anilines is 2. The quantitative estimate of drug-likeness (QED) is 0.893. The van der Waals surface area contributed by atoms with Crippen molar-refractivity contribution in [1.29, 1.82) is 0 Å².